The molecule has 6 nitrogen and oxygen atoms in total. The number of hydrogen-bond donors (Lipinski definition) is 1. The van der Waals surface area contributed by atoms with Crippen molar-refractivity contribution in [3.05, 3.63) is 63.6 Å². The summed E-state index contributed by atoms with van der Waals surface area (Å²) in [5.74, 6) is -1.17. The number of halogens is 2. The number of rotatable bonds is 4. The van der Waals surface area contributed by atoms with Crippen LogP contribution in [0, 0.1) is 5.41 Å². The SMILES string of the molecule is CC(C)(C)CN1C(=O)N(CC(=O)O)N=C(c2ccccc2Cl)c2cc(Cl)ccc21. The lowest BCUT2D eigenvalue weighted by Gasteiger charge is -2.31. The number of fused-ring (bicyclic) bond motifs is 1. The smallest absolute Gasteiger partial charge is 0.345 e. The van der Waals surface area contributed by atoms with Gasteiger partial charge in [-0.2, -0.15) is 5.10 Å². The van der Waals surface area contributed by atoms with Crippen LogP contribution >= 0.6 is 23.2 Å². The molecule has 0 atom stereocenters. The number of carboxylic acid groups (broad SMARTS) is 1. The molecule has 3 rings (SSSR count). The van der Waals surface area contributed by atoms with Crippen molar-refractivity contribution in [2.24, 2.45) is 10.5 Å². The van der Waals surface area contributed by atoms with Crippen molar-refractivity contribution < 1.29 is 14.7 Å². The van der Waals surface area contributed by atoms with Gasteiger partial charge in [-0.1, -0.05) is 62.2 Å². The second kappa shape index (κ2) is 8.05. The lowest BCUT2D eigenvalue weighted by molar-refractivity contribution is -0.137. The van der Waals surface area contributed by atoms with Gasteiger partial charge in [0, 0.05) is 22.7 Å². The van der Waals surface area contributed by atoms with E-state index in [0.717, 1.165) is 5.01 Å². The monoisotopic (exact) mass is 433 g/mol. The van der Waals surface area contributed by atoms with Crippen LogP contribution in [0.4, 0.5) is 10.5 Å². The Kier molecular flexibility index (Phi) is 5.87. The molecule has 0 radical (unpaired) electrons. The van der Waals surface area contributed by atoms with Gasteiger partial charge >= 0.3 is 12.0 Å². The van der Waals surface area contributed by atoms with Crippen LogP contribution in [0.1, 0.15) is 31.9 Å². The highest BCUT2D eigenvalue weighted by Gasteiger charge is 2.34. The van der Waals surface area contributed by atoms with Crippen molar-refractivity contribution in [3.63, 3.8) is 0 Å². The third-order valence-corrected chi connectivity index (χ3v) is 4.79. The molecule has 0 fully saturated rings. The molecule has 1 heterocycles. The molecule has 2 aromatic rings. The number of carbonyl (C=O) groups is 2. The molecule has 8 heteroatoms. The van der Waals surface area contributed by atoms with Crippen LogP contribution in [0.25, 0.3) is 0 Å². The summed E-state index contributed by atoms with van der Waals surface area (Å²) in [6, 6.07) is 11.7. The van der Waals surface area contributed by atoms with Crippen LogP contribution in [0.5, 0.6) is 0 Å². The summed E-state index contributed by atoms with van der Waals surface area (Å²) in [5.41, 5.74) is 1.94. The van der Waals surface area contributed by atoms with Crippen LogP contribution in [-0.4, -0.2) is 40.9 Å². The third kappa shape index (κ3) is 4.71. The van der Waals surface area contributed by atoms with Crippen molar-refractivity contribution >= 4 is 46.6 Å². The molecule has 152 valence electrons. The number of nitrogens with zero attached hydrogens (tertiary/aromatic N) is 3. The lowest BCUT2D eigenvalue weighted by atomic mass is 9.94. The zero-order valence-corrected chi connectivity index (χ0v) is 17.8. The number of benzene rings is 2. The maximum Gasteiger partial charge on any atom is 0.345 e. The minimum absolute atomic E-state index is 0.240. The van der Waals surface area contributed by atoms with Crippen LogP contribution in [-0.2, 0) is 4.79 Å². The Morgan fingerprint density at radius 3 is 2.41 bits per heavy atom. The lowest BCUT2D eigenvalue weighted by Crippen LogP contribution is -2.45. The first kappa shape index (κ1) is 21.1. The van der Waals surface area contributed by atoms with Crippen molar-refractivity contribution in [2.75, 3.05) is 18.0 Å². The van der Waals surface area contributed by atoms with E-state index in [1.54, 1.807) is 47.4 Å². The summed E-state index contributed by atoms with van der Waals surface area (Å²) < 4.78 is 0. The van der Waals surface area contributed by atoms with Crippen LogP contribution in [0.3, 0.4) is 0 Å². The number of amides is 2. The summed E-state index contributed by atoms with van der Waals surface area (Å²) in [7, 11) is 0. The third-order valence-electron chi connectivity index (χ3n) is 4.22. The molecule has 2 amide bonds. The van der Waals surface area contributed by atoms with E-state index in [4.69, 9.17) is 23.2 Å². The average Bonchev–Trinajstić information content (AvgIpc) is 2.71. The standard InChI is InChI=1S/C21H21Cl2N3O3/c1-21(2,3)12-25-17-9-8-13(22)10-15(17)19(14-6-4-5-7-16(14)23)24-26(20(25)29)11-18(27)28/h4-10H,11-12H2,1-3H3,(H,27,28). The van der Waals surface area contributed by atoms with Gasteiger partial charge in [0.1, 0.15) is 12.3 Å². The van der Waals surface area contributed by atoms with Gasteiger partial charge in [-0.05, 0) is 29.7 Å². The topological polar surface area (TPSA) is 73.2 Å². The highest BCUT2D eigenvalue weighted by molar-refractivity contribution is 6.36. The fourth-order valence-electron chi connectivity index (χ4n) is 3.10. The molecule has 0 aliphatic carbocycles. The first-order valence-corrected chi connectivity index (χ1v) is 9.77. The number of carboxylic acids is 1. The quantitative estimate of drug-likeness (QED) is 0.726. The Labute approximate surface area is 179 Å². The van der Waals surface area contributed by atoms with E-state index in [-0.39, 0.29) is 5.41 Å². The van der Waals surface area contributed by atoms with Gasteiger partial charge in [-0.3, -0.25) is 9.69 Å². The molecule has 1 N–H and O–H groups in total. The molecule has 0 saturated carbocycles. The molecule has 0 unspecified atom stereocenters. The highest BCUT2D eigenvalue weighted by Crippen LogP contribution is 2.34. The minimum atomic E-state index is -1.17. The van der Waals surface area contributed by atoms with Crippen molar-refractivity contribution in [1.82, 2.24) is 5.01 Å². The summed E-state index contributed by atoms with van der Waals surface area (Å²) in [5, 5.41) is 15.6. The van der Waals surface area contributed by atoms with Crippen molar-refractivity contribution in [3.8, 4) is 0 Å². The van der Waals surface area contributed by atoms with Crippen molar-refractivity contribution in [2.45, 2.75) is 20.8 Å². The van der Waals surface area contributed by atoms with Gasteiger partial charge in [0.25, 0.3) is 0 Å². The zero-order chi connectivity index (χ0) is 21.3. The minimum Gasteiger partial charge on any atom is -0.480 e. The Morgan fingerprint density at radius 2 is 1.79 bits per heavy atom. The van der Waals surface area contributed by atoms with Gasteiger partial charge in [-0.15, -0.1) is 0 Å². The van der Waals surface area contributed by atoms with Crippen LogP contribution in [0.15, 0.2) is 47.6 Å². The second-order valence-electron chi connectivity index (χ2n) is 7.97. The second-order valence-corrected chi connectivity index (χ2v) is 8.81. The van der Waals surface area contributed by atoms with Gasteiger partial charge in [0.05, 0.1) is 10.7 Å². The Bertz CT molecular complexity index is 999. The summed E-state index contributed by atoms with van der Waals surface area (Å²) in [6.07, 6.45) is 0. The zero-order valence-electron chi connectivity index (χ0n) is 16.3. The maximum absolute atomic E-state index is 13.3. The Hall–Kier alpha value is -2.57. The predicted molar refractivity (Wildman–Crippen MR) is 115 cm³/mol. The highest BCUT2D eigenvalue weighted by atomic mass is 35.5. The molecule has 0 spiro atoms. The number of carbonyl (C=O) groups excluding carboxylic acids is 1. The van der Waals surface area contributed by atoms with Gasteiger partial charge in [0.2, 0.25) is 0 Å². The van der Waals surface area contributed by atoms with Crippen molar-refractivity contribution in [1.29, 1.82) is 0 Å². The molecule has 2 aromatic carbocycles. The normalized spacial score (nSPS) is 14.4. The van der Waals surface area contributed by atoms with Gasteiger partial charge in [-0.25, -0.2) is 9.80 Å². The molecule has 0 saturated heterocycles. The van der Waals surface area contributed by atoms with E-state index < -0.39 is 18.5 Å². The van der Waals surface area contributed by atoms with Gasteiger partial charge < -0.3 is 5.11 Å². The van der Waals surface area contributed by atoms with E-state index >= 15 is 0 Å². The Morgan fingerprint density at radius 1 is 1.10 bits per heavy atom. The van der Waals surface area contributed by atoms with E-state index in [0.29, 0.717) is 39.1 Å². The van der Waals surface area contributed by atoms with E-state index in [1.807, 2.05) is 20.8 Å². The molecule has 0 bridgehead atoms. The Balaban J connectivity index is 2.29. The van der Waals surface area contributed by atoms with E-state index in [2.05, 4.69) is 5.10 Å². The van der Waals surface area contributed by atoms with E-state index in [1.165, 1.54) is 0 Å². The van der Waals surface area contributed by atoms with Gasteiger partial charge in [0.15, 0.2) is 0 Å². The summed E-state index contributed by atoms with van der Waals surface area (Å²) >= 11 is 12.7. The first-order valence-electron chi connectivity index (χ1n) is 9.01. The summed E-state index contributed by atoms with van der Waals surface area (Å²) in [4.78, 5) is 26.3. The van der Waals surface area contributed by atoms with Crippen LogP contribution in [0.2, 0.25) is 10.0 Å². The fourth-order valence-corrected chi connectivity index (χ4v) is 3.50. The number of hydrogen-bond acceptors (Lipinski definition) is 3. The molecule has 0 aromatic heterocycles. The summed E-state index contributed by atoms with van der Waals surface area (Å²) in [6.45, 7) is 5.78. The number of anilines is 1. The largest absolute Gasteiger partial charge is 0.480 e. The molecule has 1 aliphatic heterocycles. The predicted octanol–water partition coefficient (Wildman–Crippen LogP) is 5.12. The first-order chi connectivity index (χ1) is 13.6. The van der Waals surface area contributed by atoms with Crippen LogP contribution < -0.4 is 4.90 Å². The molecular formula is C21H21Cl2N3O3. The molecular weight excluding hydrogens is 413 g/mol. The maximum atomic E-state index is 13.3. The average molecular weight is 434 g/mol. The number of hydrazone groups is 1. The molecule has 29 heavy (non-hydrogen) atoms. The molecule has 1 aliphatic rings. The fraction of sp³-hybridized carbons (Fsp3) is 0.286. The number of urea groups is 1. The number of aliphatic carboxylic acids is 1. The van der Waals surface area contributed by atoms with E-state index in [9.17, 15) is 14.7 Å².